The van der Waals surface area contributed by atoms with Crippen LogP contribution in [0.1, 0.15) is 208 Å². The summed E-state index contributed by atoms with van der Waals surface area (Å²) in [4.78, 5) is 75.9. The fraction of sp³-hybridized carbons (Fsp3) is 0.882. The van der Waals surface area contributed by atoms with Crippen LogP contribution in [-0.2, 0) is 33.5 Å². The predicted molar refractivity (Wildman–Crippen MR) is 268 cm³/mol. The Morgan fingerprint density at radius 2 is 1.02 bits per heavy atom. The van der Waals surface area contributed by atoms with Gasteiger partial charge in [-0.25, -0.2) is 0 Å². The Labute approximate surface area is 401 Å². The molecule has 15 heteroatoms. The number of carbonyl (C=O) groups is 6. The normalized spacial score (nSPS) is 14.1. The van der Waals surface area contributed by atoms with Crippen molar-refractivity contribution in [3.8, 4) is 0 Å². The maximum atomic E-state index is 13.0. The van der Waals surface area contributed by atoms with Gasteiger partial charge in [-0.05, 0) is 76.2 Å². The van der Waals surface area contributed by atoms with Crippen LogP contribution in [0.25, 0.3) is 0 Å². The molecule has 0 aromatic rings. The Morgan fingerprint density at radius 1 is 0.515 bits per heavy atom. The van der Waals surface area contributed by atoms with E-state index in [1.54, 1.807) is 14.0 Å². The Balaban J connectivity index is 4.26. The summed E-state index contributed by atoms with van der Waals surface area (Å²) in [6, 6.07) is -2.87. The Kier molecular flexibility index (Phi) is 39.8. The van der Waals surface area contributed by atoms with Gasteiger partial charge in [0.2, 0.25) is 35.4 Å². The van der Waals surface area contributed by atoms with E-state index in [1.165, 1.54) is 103 Å². The number of amides is 6. The van der Waals surface area contributed by atoms with E-state index in [0.717, 1.165) is 43.9 Å². The molecule has 0 bridgehead atoms. The lowest BCUT2D eigenvalue weighted by molar-refractivity contribution is -0.132. The molecule has 1 unspecified atom stereocenters. The van der Waals surface area contributed by atoms with Crippen molar-refractivity contribution in [3.63, 3.8) is 0 Å². The Morgan fingerprint density at radius 3 is 1.56 bits per heavy atom. The van der Waals surface area contributed by atoms with E-state index in [-0.39, 0.29) is 24.4 Å². The number of methoxy groups -OCH3 is 1. The molecule has 0 aromatic carbocycles. The van der Waals surface area contributed by atoms with Crippen molar-refractivity contribution in [2.75, 3.05) is 39.9 Å². The SMILES string of the molecule is CCCCCCCCCCCCC(C)[C@@H](C)CCCCCCCCC(=O)NCCCC[C@@H](COC)NC(=O)[C@H](C)NC(=O)CNC(=O)[C@H](CC(C)C)NC(=O)CNC(=O)[C@@H](N)CCCCN. The van der Waals surface area contributed by atoms with E-state index in [0.29, 0.717) is 51.8 Å². The molecule has 6 atom stereocenters. The fourth-order valence-corrected chi connectivity index (χ4v) is 8.07. The molecular formula is C51H100N8O7. The minimum atomic E-state index is -0.939. The van der Waals surface area contributed by atoms with E-state index in [2.05, 4.69) is 52.7 Å². The molecule has 0 heterocycles. The second kappa shape index (κ2) is 41.9. The molecule has 0 aliphatic carbocycles. The summed E-state index contributed by atoms with van der Waals surface area (Å²) in [5, 5.41) is 16.2. The molecule has 66 heavy (non-hydrogen) atoms. The summed E-state index contributed by atoms with van der Waals surface area (Å²) >= 11 is 0. The zero-order valence-corrected chi connectivity index (χ0v) is 43.0. The summed E-state index contributed by atoms with van der Waals surface area (Å²) < 4.78 is 5.32. The lowest BCUT2D eigenvalue weighted by atomic mass is 9.86. The largest absolute Gasteiger partial charge is 0.383 e. The highest BCUT2D eigenvalue weighted by atomic mass is 16.5. The van der Waals surface area contributed by atoms with Gasteiger partial charge in [0.1, 0.15) is 12.1 Å². The molecule has 0 spiro atoms. The first-order valence-corrected chi connectivity index (χ1v) is 26.3. The van der Waals surface area contributed by atoms with Crippen LogP contribution in [0.2, 0.25) is 0 Å². The molecule has 0 fully saturated rings. The maximum absolute atomic E-state index is 13.0. The maximum Gasteiger partial charge on any atom is 0.243 e. The van der Waals surface area contributed by atoms with E-state index >= 15 is 0 Å². The zero-order valence-electron chi connectivity index (χ0n) is 43.0. The Bertz CT molecular complexity index is 1290. The number of ether oxygens (including phenoxy) is 1. The molecule has 0 radical (unpaired) electrons. The van der Waals surface area contributed by atoms with E-state index < -0.39 is 54.2 Å². The summed E-state index contributed by atoms with van der Waals surface area (Å²) in [6.45, 7) is 13.1. The summed E-state index contributed by atoms with van der Waals surface area (Å²) in [6.07, 6.45) is 28.6. The minimum Gasteiger partial charge on any atom is -0.383 e. The smallest absolute Gasteiger partial charge is 0.243 e. The molecule has 0 aromatic heterocycles. The first-order valence-electron chi connectivity index (χ1n) is 26.3. The van der Waals surface area contributed by atoms with Crippen molar-refractivity contribution in [2.24, 2.45) is 29.2 Å². The molecule has 0 rings (SSSR count). The Hall–Kier alpha value is -3.30. The summed E-state index contributed by atoms with van der Waals surface area (Å²) in [7, 11) is 1.56. The van der Waals surface area contributed by atoms with Crippen LogP contribution in [0.15, 0.2) is 0 Å². The minimum absolute atomic E-state index is 0.0414. The number of rotatable bonds is 44. The average molecular weight is 937 g/mol. The van der Waals surface area contributed by atoms with Crippen LogP contribution >= 0.6 is 0 Å². The van der Waals surface area contributed by atoms with Crippen molar-refractivity contribution in [3.05, 3.63) is 0 Å². The number of carbonyl (C=O) groups excluding carboxylic acids is 6. The summed E-state index contributed by atoms with van der Waals surface area (Å²) in [5.41, 5.74) is 11.4. The van der Waals surface area contributed by atoms with Gasteiger partial charge >= 0.3 is 0 Å². The highest BCUT2D eigenvalue weighted by Gasteiger charge is 2.25. The lowest BCUT2D eigenvalue weighted by Gasteiger charge is -2.22. The number of hydrogen-bond donors (Lipinski definition) is 8. The van der Waals surface area contributed by atoms with Gasteiger partial charge in [-0.15, -0.1) is 0 Å². The van der Waals surface area contributed by atoms with Gasteiger partial charge < -0.3 is 48.1 Å². The third kappa shape index (κ3) is 35.8. The van der Waals surface area contributed by atoms with Crippen LogP contribution < -0.4 is 43.4 Å². The fourth-order valence-electron chi connectivity index (χ4n) is 8.07. The van der Waals surface area contributed by atoms with E-state index in [9.17, 15) is 28.8 Å². The van der Waals surface area contributed by atoms with Gasteiger partial charge in [0, 0.05) is 20.1 Å². The average Bonchev–Trinajstić information content (AvgIpc) is 3.28. The van der Waals surface area contributed by atoms with Gasteiger partial charge in [-0.1, -0.05) is 150 Å². The van der Waals surface area contributed by atoms with Crippen molar-refractivity contribution >= 4 is 35.4 Å². The predicted octanol–water partition coefficient (Wildman–Crippen LogP) is 6.83. The van der Waals surface area contributed by atoms with Crippen molar-refractivity contribution in [1.82, 2.24) is 31.9 Å². The summed E-state index contributed by atoms with van der Waals surface area (Å²) in [5.74, 6) is -0.826. The lowest BCUT2D eigenvalue weighted by Crippen LogP contribution is -2.54. The van der Waals surface area contributed by atoms with Crippen LogP contribution in [0, 0.1) is 17.8 Å². The second-order valence-corrected chi connectivity index (χ2v) is 19.5. The first kappa shape index (κ1) is 62.7. The number of nitrogens with one attached hydrogen (secondary N) is 6. The zero-order chi connectivity index (χ0) is 49.4. The number of unbranched alkanes of at least 4 members (excludes halogenated alkanes) is 16. The number of nitrogens with two attached hydrogens (primary N) is 2. The van der Waals surface area contributed by atoms with Gasteiger partial charge in [-0.3, -0.25) is 28.8 Å². The van der Waals surface area contributed by atoms with Crippen molar-refractivity contribution in [2.45, 2.75) is 233 Å². The van der Waals surface area contributed by atoms with Crippen molar-refractivity contribution < 1.29 is 33.5 Å². The molecule has 0 aliphatic rings. The van der Waals surface area contributed by atoms with Gasteiger partial charge in [0.25, 0.3) is 0 Å². The van der Waals surface area contributed by atoms with Crippen LogP contribution in [0.3, 0.4) is 0 Å². The van der Waals surface area contributed by atoms with E-state index in [4.69, 9.17) is 16.2 Å². The van der Waals surface area contributed by atoms with E-state index in [1.807, 2.05) is 13.8 Å². The quantitative estimate of drug-likeness (QED) is 0.0299. The molecule has 0 aliphatic heterocycles. The highest BCUT2D eigenvalue weighted by Crippen LogP contribution is 2.24. The third-order valence-corrected chi connectivity index (χ3v) is 12.6. The monoisotopic (exact) mass is 937 g/mol. The molecule has 0 saturated heterocycles. The molecule has 386 valence electrons. The standard InChI is InChI=1S/C51H100N8O7/c1-8-9-10-11-12-13-14-15-18-21-28-40(4)41(5)29-22-19-16-17-20-23-32-46(60)54-34-27-25-30-43(38-66-7)58-49(63)42(6)57-47(61)36-56-51(65)45(35-39(2)3)59-48(62)37-55-50(64)44(53)31-24-26-33-52/h39-45H,8-38,52-53H2,1-7H3,(H,54,60)(H,55,64)(H,56,65)(H,57,61)(H,58,63)(H,59,62)/t40?,41-,42-,43-,44-,45-/m0/s1. The highest BCUT2D eigenvalue weighted by molar-refractivity contribution is 5.93. The molecule has 10 N–H and O–H groups in total. The second-order valence-electron chi connectivity index (χ2n) is 19.5. The topological polar surface area (TPSA) is 236 Å². The van der Waals surface area contributed by atoms with Gasteiger partial charge in [0.15, 0.2) is 0 Å². The van der Waals surface area contributed by atoms with Gasteiger partial charge in [-0.2, -0.15) is 0 Å². The van der Waals surface area contributed by atoms with Gasteiger partial charge in [0.05, 0.1) is 31.8 Å². The number of hydrogen-bond acceptors (Lipinski definition) is 9. The van der Waals surface area contributed by atoms with Crippen molar-refractivity contribution in [1.29, 1.82) is 0 Å². The van der Waals surface area contributed by atoms with Crippen LogP contribution in [-0.4, -0.2) is 99.5 Å². The molecule has 6 amide bonds. The molecular weight excluding hydrogens is 837 g/mol. The third-order valence-electron chi connectivity index (χ3n) is 12.6. The molecule has 0 saturated carbocycles. The van der Waals surface area contributed by atoms with Crippen LogP contribution in [0.5, 0.6) is 0 Å². The van der Waals surface area contributed by atoms with Crippen LogP contribution in [0.4, 0.5) is 0 Å². The molecule has 15 nitrogen and oxygen atoms in total. The first-order chi connectivity index (χ1) is 31.6.